The van der Waals surface area contributed by atoms with E-state index < -0.39 is 0 Å². The molecule has 0 aliphatic heterocycles. The SMILES string of the molecule is C/C=C1\CC2(C)CCCCC12. The van der Waals surface area contributed by atoms with Crippen molar-refractivity contribution in [3.05, 3.63) is 11.6 Å². The summed E-state index contributed by atoms with van der Waals surface area (Å²) in [6, 6.07) is 0. The van der Waals surface area contributed by atoms with Crippen molar-refractivity contribution >= 4 is 0 Å². The van der Waals surface area contributed by atoms with Gasteiger partial charge in [0.1, 0.15) is 0 Å². The molecule has 11 heavy (non-hydrogen) atoms. The lowest BCUT2D eigenvalue weighted by Gasteiger charge is -2.53. The standard InChI is InChI=1S/C11H18/c1-3-9-8-11(2)7-5-4-6-10(9)11/h3,10H,4-8H2,1-2H3/b9-3+. The quantitative estimate of drug-likeness (QED) is 0.463. The zero-order valence-corrected chi connectivity index (χ0v) is 7.69. The van der Waals surface area contributed by atoms with Gasteiger partial charge in [-0.25, -0.2) is 0 Å². The third-order valence-corrected chi connectivity index (χ3v) is 3.76. The molecule has 0 spiro atoms. The van der Waals surface area contributed by atoms with Gasteiger partial charge in [0.05, 0.1) is 0 Å². The predicted octanol–water partition coefficient (Wildman–Crippen LogP) is 3.53. The molecule has 2 fully saturated rings. The van der Waals surface area contributed by atoms with Crippen molar-refractivity contribution in [3.8, 4) is 0 Å². The second-order valence-corrected chi connectivity index (χ2v) is 4.49. The highest BCUT2D eigenvalue weighted by atomic mass is 14.5. The molecule has 0 aromatic heterocycles. The second-order valence-electron chi connectivity index (χ2n) is 4.49. The van der Waals surface area contributed by atoms with Gasteiger partial charge in [-0.3, -0.25) is 0 Å². The Morgan fingerprint density at radius 2 is 2.27 bits per heavy atom. The Hall–Kier alpha value is -0.260. The summed E-state index contributed by atoms with van der Waals surface area (Å²) < 4.78 is 0. The molecule has 0 amide bonds. The topological polar surface area (TPSA) is 0 Å². The summed E-state index contributed by atoms with van der Waals surface area (Å²) in [6.07, 6.45) is 9.64. The van der Waals surface area contributed by atoms with Crippen molar-refractivity contribution in [2.45, 2.75) is 46.0 Å². The average Bonchev–Trinajstić information content (AvgIpc) is 1.98. The van der Waals surface area contributed by atoms with Crippen LogP contribution in [0.3, 0.4) is 0 Å². The van der Waals surface area contributed by atoms with Gasteiger partial charge in [0.2, 0.25) is 0 Å². The van der Waals surface area contributed by atoms with Crippen LogP contribution in [0.2, 0.25) is 0 Å². The first-order valence-electron chi connectivity index (χ1n) is 4.91. The second kappa shape index (κ2) is 2.36. The first-order chi connectivity index (χ1) is 5.26. The van der Waals surface area contributed by atoms with Gasteiger partial charge in [0.15, 0.2) is 0 Å². The van der Waals surface area contributed by atoms with Crippen molar-refractivity contribution in [1.82, 2.24) is 0 Å². The minimum atomic E-state index is 0.722. The maximum Gasteiger partial charge on any atom is -0.0146 e. The third-order valence-electron chi connectivity index (χ3n) is 3.76. The summed E-state index contributed by atoms with van der Waals surface area (Å²) >= 11 is 0. The zero-order chi connectivity index (χ0) is 7.90. The van der Waals surface area contributed by atoms with E-state index >= 15 is 0 Å². The molecule has 0 aromatic rings. The minimum Gasteiger partial charge on any atom is -0.0881 e. The molecule has 62 valence electrons. The fraction of sp³-hybridized carbons (Fsp3) is 0.818. The highest BCUT2D eigenvalue weighted by molar-refractivity contribution is 5.23. The molecular weight excluding hydrogens is 132 g/mol. The van der Waals surface area contributed by atoms with Crippen molar-refractivity contribution in [2.24, 2.45) is 11.3 Å². The highest BCUT2D eigenvalue weighted by Gasteiger charge is 2.46. The summed E-state index contributed by atoms with van der Waals surface area (Å²) in [7, 11) is 0. The molecule has 0 heteroatoms. The number of rotatable bonds is 0. The lowest BCUT2D eigenvalue weighted by Crippen LogP contribution is -2.42. The molecular formula is C11H18. The van der Waals surface area contributed by atoms with E-state index in [9.17, 15) is 0 Å². The summed E-state index contributed by atoms with van der Waals surface area (Å²) in [6.45, 7) is 4.67. The zero-order valence-electron chi connectivity index (χ0n) is 7.69. The van der Waals surface area contributed by atoms with Gasteiger partial charge in [0.25, 0.3) is 0 Å². The van der Waals surface area contributed by atoms with E-state index in [0.717, 1.165) is 11.3 Å². The van der Waals surface area contributed by atoms with Gasteiger partial charge in [-0.05, 0) is 37.5 Å². The Bertz CT molecular complexity index is 190. The fourth-order valence-corrected chi connectivity index (χ4v) is 3.01. The molecule has 0 radical (unpaired) electrons. The van der Waals surface area contributed by atoms with Crippen LogP contribution < -0.4 is 0 Å². The van der Waals surface area contributed by atoms with E-state index in [1.165, 1.54) is 32.1 Å². The molecule has 0 nitrogen and oxygen atoms in total. The van der Waals surface area contributed by atoms with Crippen LogP contribution >= 0.6 is 0 Å². The molecule has 0 bridgehead atoms. The van der Waals surface area contributed by atoms with Crippen LogP contribution in [0.5, 0.6) is 0 Å². The Morgan fingerprint density at radius 1 is 1.45 bits per heavy atom. The van der Waals surface area contributed by atoms with Gasteiger partial charge in [-0.15, -0.1) is 0 Å². The van der Waals surface area contributed by atoms with E-state index in [0.29, 0.717) is 0 Å². The fourth-order valence-electron chi connectivity index (χ4n) is 3.01. The Balaban J connectivity index is 2.13. The summed E-state index contributed by atoms with van der Waals surface area (Å²) in [5.41, 5.74) is 2.47. The average molecular weight is 150 g/mol. The van der Waals surface area contributed by atoms with Crippen LogP contribution in [0.1, 0.15) is 46.0 Å². The number of hydrogen-bond donors (Lipinski definition) is 0. The minimum absolute atomic E-state index is 0.722. The van der Waals surface area contributed by atoms with Crippen LogP contribution in [-0.4, -0.2) is 0 Å². The summed E-state index contributed by atoms with van der Waals surface area (Å²) in [5, 5.41) is 0. The molecule has 2 aliphatic rings. The van der Waals surface area contributed by atoms with Gasteiger partial charge >= 0.3 is 0 Å². The Kier molecular flexibility index (Phi) is 1.59. The van der Waals surface area contributed by atoms with E-state index in [1.54, 1.807) is 5.57 Å². The molecule has 2 atom stereocenters. The first kappa shape index (κ1) is 7.39. The molecule has 2 saturated carbocycles. The predicted molar refractivity (Wildman–Crippen MR) is 48.4 cm³/mol. The van der Waals surface area contributed by atoms with Crippen LogP contribution in [0, 0.1) is 11.3 Å². The smallest absolute Gasteiger partial charge is 0.0146 e. The van der Waals surface area contributed by atoms with Crippen LogP contribution in [0.25, 0.3) is 0 Å². The molecule has 0 saturated heterocycles. The number of fused-ring (bicyclic) bond motifs is 1. The van der Waals surface area contributed by atoms with E-state index in [4.69, 9.17) is 0 Å². The van der Waals surface area contributed by atoms with Crippen molar-refractivity contribution in [2.75, 3.05) is 0 Å². The van der Waals surface area contributed by atoms with Crippen molar-refractivity contribution < 1.29 is 0 Å². The lowest BCUT2D eigenvalue weighted by atomic mass is 9.52. The normalized spacial score (nSPS) is 46.7. The monoisotopic (exact) mass is 150 g/mol. The number of allylic oxidation sites excluding steroid dienone is 2. The third kappa shape index (κ3) is 0.953. The van der Waals surface area contributed by atoms with Crippen LogP contribution in [0.15, 0.2) is 11.6 Å². The molecule has 2 aliphatic carbocycles. The lowest BCUT2D eigenvalue weighted by molar-refractivity contribution is 0.0712. The van der Waals surface area contributed by atoms with Gasteiger partial charge in [0, 0.05) is 0 Å². The number of hydrogen-bond acceptors (Lipinski definition) is 0. The molecule has 0 heterocycles. The molecule has 0 N–H and O–H groups in total. The summed E-state index contributed by atoms with van der Waals surface area (Å²) in [5.74, 6) is 0.973. The van der Waals surface area contributed by atoms with E-state index in [1.807, 2.05) is 0 Å². The van der Waals surface area contributed by atoms with Crippen LogP contribution in [-0.2, 0) is 0 Å². The highest BCUT2D eigenvalue weighted by Crippen LogP contribution is 2.58. The van der Waals surface area contributed by atoms with Gasteiger partial charge < -0.3 is 0 Å². The molecule has 2 rings (SSSR count). The maximum atomic E-state index is 2.48. The maximum absolute atomic E-state index is 2.48. The van der Waals surface area contributed by atoms with Crippen molar-refractivity contribution in [3.63, 3.8) is 0 Å². The van der Waals surface area contributed by atoms with Crippen LogP contribution in [0.4, 0.5) is 0 Å². The van der Waals surface area contributed by atoms with Crippen molar-refractivity contribution in [1.29, 1.82) is 0 Å². The Morgan fingerprint density at radius 3 is 2.91 bits per heavy atom. The van der Waals surface area contributed by atoms with E-state index in [-0.39, 0.29) is 0 Å². The Labute approximate surface area is 69.7 Å². The van der Waals surface area contributed by atoms with E-state index in [2.05, 4.69) is 19.9 Å². The van der Waals surface area contributed by atoms with Gasteiger partial charge in [-0.1, -0.05) is 31.4 Å². The largest absolute Gasteiger partial charge is 0.0881 e. The van der Waals surface area contributed by atoms with Gasteiger partial charge in [-0.2, -0.15) is 0 Å². The molecule has 2 unspecified atom stereocenters. The molecule has 0 aromatic carbocycles. The first-order valence-corrected chi connectivity index (χ1v) is 4.91. The summed E-state index contributed by atoms with van der Waals surface area (Å²) in [4.78, 5) is 0.